The molecule has 2 amide bonds. The SMILES string of the molecule is Cc1cccc2nc(C(=O)NNC(=O)C(C)Oc3ccc4ccccc4c3)cn12. The molecule has 2 heterocycles. The Morgan fingerprint density at radius 3 is 2.59 bits per heavy atom. The minimum absolute atomic E-state index is 0.211. The second-order valence-corrected chi connectivity index (χ2v) is 6.73. The Morgan fingerprint density at radius 2 is 1.79 bits per heavy atom. The summed E-state index contributed by atoms with van der Waals surface area (Å²) in [6.45, 7) is 3.54. The second-order valence-electron chi connectivity index (χ2n) is 6.73. The summed E-state index contributed by atoms with van der Waals surface area (Å²) in [5, 5.41) is 2.11. The zero-order chi connectivity index (χ0) is 20.4. The second kappa shape index (κ2) is 7.63. The molecule has 2 N–H and O–H groups in total. The van der Waals surface area contributed by atoms with Crippen LogP contribution < -0.4 is 15.6 Å². The predicted octanol–water partition coefficient (Wildman–Crippen LogP) is 3.02. The number of fused-ring (bicyclic) bond motifs is 2. The molecule has 4 rings (SSSR count). The first-order valence-corrected chi connectivity index (χ1v) is 9.21. The number of carbonyl (C=O) groups is 2. The minimum atomic E-state index is -0.792. The number of benzene rings is 2. The van der Waals surface area contributed by atoms with Gasteiger partial charge in [-0.15, -0.1) is 0 Å². The lowest BCUT2D eigenvalue weighted by Crippen LogP contribution is -2.47. The van der Waals surface area contributed by atoms with Crippen molar-refractivity contribution < 1.29 is 14.3 Å². The number of ether oxygens (including phenoxy) is 1. The molecule has 1 unspecified atom stereocenters. The fraction of sp³-hybridized carbons (Fsp3) is 0.136. The largest absolute Gasteiger partial charge is 0.481 e. The number of hydrazine groups is 1. The third-order valence-electron chi connectivity index (χ3n) is 4.63. The molecule has 0 saturated heterocycles. The Hall–Kier alpha value is -3.87. The molecule has 146 valence electrons. The van der Waals surface area contributed by atoms with Crippen molar-refractivity contribution in [3.63, 3.8) is 0 Å². The van der Waals surface area contributed by atoms with Gasteiger partial charge in [0.15, 0.2) is 6.10 Å². The molecule has 0 radical (unpaired) electrons. The first kappa shape index (κ1) is 18.5. The van der Waals surface area contributed by atoms with Crippen molar-refractivity contribution in [1.29, 1.82) is 0 Å². The Kier molecular flexibility index (Phi) is 4.87. The molecule has 0 aliphatic rings. The quantitative estimate of drug-likeness (QED) is 0.527. The summed E-state index contributed by atoms with van der Waals surface area (Å²) in [4.78, 5) is 28.9. The van der Waals surface area contributed by atoms with E-state index < -0.39 is 17.9 Å². The highest BCUT2D eigenvalue weighted by Gasteiger charge is 2.17. The lowest BCUT2D eigenvalue weighted by Gasteiger charge is -2.15. The van der Waals surface area contributed by atoms with Crippen LogP contribution in [0.1, 0.15) is 23.1 Å². The summed E-state index contributed by atoms with van der Waals surface area (Å²) in [5.41, 5.74) is 6.59. The van der Waals surface area contributed by atoms with Crippen molar-refractivity contribution >= 4 is 28.2 Å². The van der Waals surface area contributed by atoms with E-state index in [-0.39, 0.29) is 5.69 Å². The molecular weight excluding hydrogens is 368 g/mol. The smallest absolute Gasteiger partial charge is 0.289 e. The molecule has 7 heteroatoms. The number of rotatable bonds is 4. The Bertz CT molecular complexity index is 1220. The van der Waals surface area contributed by atoms with E-state index >= 15 is 0 Å². The summed E-state index contributed by atoms with van der Waals surface area (Å²) in [7, 11) is 0. The van der Waals surface area contributed by atoms with Crippen molar-refractivity contribution in [2.45, 2.75) is 20.0 Å². The van der Waals surface area contributed by atoms with Crippen molar-refractivity contribution in [3.05, 3.63) is 78.2 Å². The van der Waals surface area contributed by atoms with Crippen LogP contribution in [0.2, 0.25) is 0 Å². The topological polar surface area (TPSA) is 84.7 Å². The number of nitrogens with one attached hydrogen (secondary N) is 2. The summed E-state index contributed by atoms with van der Waals surface area (Å²) in [6, 6.07) is 19.1. The van der Waals surface area contributed by atoms with Gasteiger partial charge in [-0.25, -0.2) is 4.98 Å². The third-order valence-corrected chi connectivity index (χ3v) is 4.63. The third kappa shape index (κ3) is 3.89. The highest BCUT2D eigenvalue weighted by molar-refractivity contribution is 5.94. The molecule has 2 aromatic carbocycles. The molecule has 0 spiro atoms. The lowest BCUT2D eigenvalue weighted by atomic mass is 10.1. The van der Waals surface area contributed by atoms with Gasteiger partial charge in [-0.1, -0.05) is 36.4 Å². The maximum absolute atomic E-state index is 12.3. The van der Waals surface area contributed by atoms with Gasteiger partial charge in [0.25, 0.3) is 11.8 Å². The van der Waals surface area contributed by atoms with Gasteiger partial charge in [-0.2, -0.15) is 0 Å². The van der Waals surface area contributed by atoms with Crippen LogP contribution in [-0.2, 0) is 4.79 Å². The number of hydrogen-bond acceptors (Lipinski definition) is 4. The monoisotopic (exact) mass is 388 g/mol. The van der Waals surface area contributed by atoms with Crippen LogP contribution in [0.25, 0.3) is 16.4 Å². The Labute approximate surface area is 167 Å². The predicted molar refractivity (Wildman–Crippen MR) is 110 cm³/mol. The van der Waals surface area contributed by atoms with E-state index in [2.05, 4.69) is 15.8 Å². The fourth-order valence-electron chi connectivity index (χ4n) is 3.04. The van der Waals surface area contributed by atoms with Crippen molar-refractivity contribution in [1.82, 2.24) is 20.2 Å². The van der Waals surface area contributed by atoms with Gasteiger partial charge < -0.3 is 9.14 Å². The summed E-state index contributed by atoms with van der Waals surface area (Å²) in [5.74, 6) is -0.390. The van der Waals surface area contributed by atoms with E-state index in [9.17, 15) is 9.59 Å². The fourth-order valence-corrected chi connectivity index (χ4v) is 3.04. The normalized spacial score (nSPS) is 11.9. The molecule has 0 fully saturated rings. The van der Waals surface area contributed by atoms with E-state index in [1.807, 2.05) is 72.0 Å². The summed E-state index contributed by atoms with van der Waals surface area (Å²) < 4.78 is 7.51. The van der Waals surface area contributed by atoms with Crippen molar-refractivity contribution in [2.75, 3.05) is 0 Å². The first-order valence-electron chi connectivity index (χ1n) is 9.21. The molecule has 0 aliphatic heterocycles. The maximum Gasteiger partial charge on any atom is 0.289 e. The van der Waals surface area contributed by atoms with E-state index in [1.54, 1.807) is 13.1 Å². The lowest BCUT2D eigenvalue weighted by molar-refractivity contribution is -0.128. The average Bonchev–Trinajstić information content (AvgIpc) is 3.17. The molecular formula is C22H20N4O3. The molecule has 0 aliphatic carbocycles. The molecule has 7 nitrogen and oxygen atoms in total. The number of pyridine rings is 1. The van der Waals surface area contributed by atoms with Gasteiger partial charge in [0.2, 0.25) is 0 Å². The Morgan fingerprint density at radius 1 is 1.00 bits per heavy atom. The zero-order valence-electron chi connectivity index (χ0n) is 16.0. The van der Waals surface area contributed by atoms with Gasteiger partial charge in [0.1, 0.15) is 17.1 Å². The number of carbonyl (C=O) groups excluding carboxylic acids is 2. The maximum atomic E-state index is 12.3. The van der Waals surface area contributed by atoms with E-state index in [1.165, 1.54) is 0 Å². The van der Waals surface area contributed by atoms with Crippen molar-refractivity contribution in [2.24, 2.45) is 0 Å². The number of amides is 2. The van der Waals surface area contributed by atoms with Gasteiger partial charge >= 0.3 is 0 Å². The first-order chi connectivity index (χ1) is 14.0. The van der Waals surface area contributed by atoms with E-state index in [4.69, 9.17) is 4.74 Å². The highest BCUT2D eigenvalue weighted by Crippen LogP contribution is 2.21. The summed E-state index contributed by atoms with van der Waals surface area (Å²) in [6.07, 6.45) is 0.834. The van der Waals surface area contributed by atoms with Crippen LogP contribution in [0, 0.1) is 6.92 Å². The van der Waals surface area contributed by atoms with E-state index in [0.717, 1.165) is 16.5 Å². The van der Waals surface area contributed by atoms with Gasteiger partial charge in [0.05, 0.1) is 0 Å². The number of hydrogen-bond donors (Lipinski definition) is 2. The number of aromatic nitrogens is 2. The molecule has 4 aromatic rings. The zero-order valence-corrected chi connectivity index (χ0v) is 16.0. The van der Waals surface area contributed by atoms with Crippen LogP contribution >= 0.6 is 0 Å². The molecule has 0 bridgehead atoms. The molecule has 2 aromatic heterocycles. The van der Waals surface area contributed by atoms with Gasteiger partial charge in [-0.05, 0) is 48.9 Å². The number of nitrogens with zero attached hydrogens (tertiary/aromatic N) is 2. The summed E-state index contributed by atoms with van der Waals surface area (Å²) >= 11 is 0. The van der Waals surface area contributed by atoms with Crippen LogP contribution in [0.4, 0.5) is 0 Å². The number of aryl methyl sites for hydroxylation is 1. The molecule has 0 saturated carbocycles. The average molecular weight is 388 g/mol. The Balaban J connectivity index is 1.37. The van der Waals surface area contributed by atoms with Crippen LogP contribution in [0.5, 0.6) is 5.75 Å². The van der Waals surface area contributed by atoms with E-state index in [0.29, 0.717) is 11.4 Å². The number of imidazole rings is 1. The van der Waals surface area contributed by atoms with Gasteiger partial charge in [-0.3, -0.25) is 20.4 Å². The highest BCUT2D eigenvalue weighted by atomic mass is 16.5. The van der Waals surface area contributed by atoms with Crippen LogP contribution in [-0.4, -0.2) is 27.3 Å². The molecule has 29 heavy (non-hydrogen) atoms. The van der Waals surface area contributed by atoms with Crippen LogP contribution in [0.15, 0.2) is 66.9 Å². The molecule has 1 atom stereocenters. The van der Waals surface area contributed by atoms with Crippen LogP contribution in [0.3, 0.4) is 0 Å². The van der Waals surface area contributed by atoms with Crippen molar-refractivity contribution in [3.8, 4) is 5.75 Å². The van der Waals surface area contributed by atoms with Gasteiger partial charge in [0, 0.05) is 11.9 Å². The standard InChI is InChI=1S/C22H20N4O3/c1-14-6-5-9-20-23-19(13-26(14)20)22(28)25-24-21(27)15(2)29-18-11-10-16-7-3-4-8-17(16)12-18/h3-13,15H,1-2H3,(H,24,27)(H,25,28). The minimum Gasteiger partial charge on any atom is -0.481 e.